The first-order valence-corrected chi connectivity index (χ1v) is 16.7. The van der Waals surface area contributed by atoms with Gasteiger partial charge in [0.25, 0.3) is 11.8 Å². The molecule has 4 aromatic carbocycles. The summed E-state index contributed by atoms with van der Waals surface area (Å²) in [5.41, 5.74) is 4.11. The van der Waals surface area contributed by atoms with Crippen LogP contribution >= 0.6 is 11.6 Å². The van der Waals surface area contributed by atoms with E-state index in [1.165, 1.54) is 7.11 Å². The maximum absolute atomic E-state index is 13.7. The number of carbonyl (C=O) groups excluding carboxylic acids is 2. The lowest BCUT2D eigenvalue weighted by atomic mass is 10.0. The molecule has 0 aromatic heterocycles. The van der Waals surface area contributed by atoms with E-state index >= 15 is 0 Å². The van der Waals surface area contributed by atoms with Gasteiger partial charge in [0.15, 0.2) is 9.84 Å². The van der Waals surface area contributed by atoms with Gasteiger partial charge < -0.3 is 15.0 Å². The predicted molar refractivity (Wildman–Crippen MR) is 173 cm³/mol. The fraction of sp³-hybridized carbons (Fsp3) is 0.257. The number of likely N-dealkylation sites (tertiary alicyclic amines) is 1. The fourth-order valence-corrected chi connectivity index (χ4v) is 7.20. The highest BCUT2D eigenvalue weighted by Crippen LogP contribution is 2.33. The van der Waals surface area contributed by atoms with E-state index in [9.17, 15) is 18.0 Å². The average molecular weight is 631 g/mol. The summed E-state index contributed by atoms with van der Waals surface area (Å²) in [5.74, 6) is -0.161. The van der Waals surface area contributed by atoms with Crippen LogP contribution in [0, 0.1) is 0 Å². The number of benzene rings is 4. The molecule has 4 aromatic rings. The molecule has 44 heavy (non-hydrogen) atoms. The smallest absolute Gasteiger partial charge is 0.253 e. The molecule has 1 heterocycles. The number of hydrogen-bond donors (Lipinski definition) is 1. The monoisotopic (exact) mass is 630 g/mol. The number of nitrogens with one attached hydrogen (secondary N) is 1. The molecule has 228 valence electrons. The third-order valence-corrected chi connectivity index (χ3v) is 9.76. The Hall–Kier alpha value is -4.14. The van der Waals surface area contributed by atoms with E-state index in [1.54, 1.807) is 48.5 Å². The Morgan fingerprint density at radius 2 is 1.59 bits per heavy atom. The number of ether oxygens (including phenoxy) is 1. The van der Waals surface area contributed by atoms with Crippen LogP contribution in [0.15, 0.2) is 95.9 Å². The molecule has 9 heteroatoms. The van der Waals surface area contributed by atoms with Crippen molar-refractivity contribution in [2.45, 2.75) is 36.3 Å². The molecule has 1 fully saturated rings. The summed E-state index contributed by atoms with van der Waals surface area (Å²) in [4.78, 5) is 27.3. The van der Waals surface area contributed by atoms with Crippen LogP contribution in [-0.2, 0) is 22.0 Å². The second-order valence-corrected chi connectivity index (χ2v) is 13.2. The number of carbonyl (C=O) groups is 2. The highest BCUT2D eigenvalue weighted by molar-refractivity contribution is 7.90. The standard InChI is InChI=1S/C35H35ClN2O5S/c1-43-32-17-16-28(27-12-7-13-29(22-27)35(40)38-19-4-5-20-38)23-33(32)44(41,42)24-26-10-6-9-25(21-26)11-8-18-37-34(39)30-14-2-3-15-31(30)36/h2-3,6-7,9-10,12-17,21-23H,4-5,8,11,18-20,24H2,1H3,(H,37,39). The summed E-state index contributed by atoms with van der Waals surface area (Å²) < 4.78 is 32.9. The van der Waals surface area contributed by atoms with Gasteiger partial charge in [0, 0.05) is 25.2 Å². The van der Waals surface area contributed by atoms with Crippen LogP contribution in [0.4, 0.5) is 0 Å². The summed E-state index contributed by atoms with van der Waals surface area (Å²) in [5, 5.41) is 3.29. The minimum absolute atomic E-state index is 0.00596. The Kier molecular flexibility index (Phi) is 10.0. The zero-order chi connectivity index (χ0) is 31.1. The molecule has 0 atom stereocenters. The summed E-state index contributed by atoms with van der Waals surface area (Å²) in [6.07, 6.45) is 3.37. The van der Waals surface area contributed by atoms with Gasteiger partial charge in [-0.2, -0.15) is 0 Å². The molecule has 5 rings (SSSR count). The quantitative estimate of drug-likeness (QED) is 0.189. The number of halogens is 1. The lowest BCUT2D eigenvalue weighted by Crippen LogP contribution is -2.27. The van der Waals surface area contributed by atoms with Gasteiger partial charge in [0.05, 0.1) is 23.4 Å². The molecule has 0 aliphatic carbocycles. The van der Waals surface area contributed by atoms with Gasteiger partial charge in [0.1, 0.15) is 10.6 Å². The number of nitrogens with zero attached hydrogens (tertiary/aromatic N) is 1. The van der Waals surface area contributed by atoms with Crippen LogP contribution in [0.5, 0.6) is 5.75 Å². The van der Waals surface area contributed by atoms with Crippen LogP contribution in [0.1, 0.15) is 51.1 Å². The lowest BCUT2D eigenvalue weighted by Gasteiger charge is -2.16. The van der Waals surface area contributed by atoms with Crippen molar-refractivity contribution in [2.75, 3.05) is 26.7 Å². The van der Waals surface area contributed by atoms with Crippen molar-refractivity contribution < 1.29 is 22.7 Å². The van der Waals surface area contributed by atoms with Crippen LogP contribution in [0.3, 0.4) is 0 Å². The van der Waals surface area contributed by atoms with E-state index in [0.717, 1.165) is 37.1 Å². The van der Waals surface area contributed by atoms with Crippen LogP contribution in [-0.4, -0.2) is 51.9 Å². The Balaban J connectivity index is 1.27. The highest BCUT2D eigenvalue weighted by Gasteiger charge is 2.23. The van der Waals surface area contributed by atoms with Crippen molar-refractivity contribution in [2.24, 2.45) is 0 Å². The number of rotatable bonds is 11. The van der Waals surface area contributed by atoms with Gasteiger partial charge in [-0.1, -0.05) is 66.2 Å². The summed E-state index contributed by atoms with van der Waals surface area (Å²) >= 11 is 6.11. The van der Waals surface area contributed by atoms with Crippen molar-refractivity contribution in [3.8, 4) is 16.9 Å². The third-order valence-electron chi connectivity index (χ3n) is 7.73. The minimum Gasteiger partial charge on any atom is -0.495 e. The third kappa shape index (κ3) is 7.49. The first-order valence-electron chi connectivity index (χ1n) is 14.7. The van der Waals surface area contributed by atoms with Crippen molar-refractivity contribution in [1.82, 2.24) is 10.2 Å². The van der Waals surface area contributed by atoms with Crippen LogP contribution in [0.2, 0.25) is 5.02 Å². The molecule has 0 saturated carbocycles. The molecule has 0 radical (unpaired) electrons. The fourth-order valence-electron chi connectivity index (χ4n) is 5.44. The normalized spacial score (nSPS) is 13.1. The van der Waals surface area contributed by atoms with Crippen molar-refractivity contribution in [1.29, 1.82) is 0 Å². The zero-order valence-electron chi connectivity index (χ0n) is 24.6. The van der Waals surface area contributed by atoms with E-state index in [0.29, 0.717) is 46.7 Å². The number of hydrogen-bond acceptors (Lipinski definition) is 5. The van der Waals surface area contributed by atoms with E-state index in [2.05, 4.69) is 5.32 Å². The topological polar surface area (TPSA) is 92.8 Å². The van der Waals surface area contributed by atoms with Gasteiger partial charge in [0.2, 0.25) is 0 Å². The minimum atomic E-state index is -3.78. The van der Waals surface area contributed by atoms with Gasteiger partial charge in [-0.3, -0.25) is 9.59 Å². The molecule has 2 amide bonds. The van der Waals surface area contributed by atoms with Crippen molar-refractivity contribution in [3.63, 3.8) is 0 Å². The highest BCUT2D eigenvalue weighted by atomic mass is 35.5. The van der Waals surface area contributed by atoms with E-state index in [-0.39, 0.29) is 28.2 Å². The second kappa shape index (κ2) is 14.1. The number of aryl methyl sites for hydroxylation is 1. The van der Waals surface area contributed by atoms with E-state index < -0.39 is 9.84 Å². The molecule has 7 nitrogen and oxygen atoms in total. The van der Waals surface area contributed by atoms with Crippen LogP contribution < -0.4 is 10.1 Å². The maximum atomic E-state index is 13.7. The lowest BCUT2D eigenvalue weighted by molar-refractivity contribution is 0.0792. The van der Waals surface area contributed by atoms with E-state index in [1.807, 2.05) is 47.4 Å². The van der Waals surface area contributed by atoms with Gasteiger partial charge in [-0.25, -0.2) is 8.42 Å². The molecule has 1 aliphatic rings. The Labute approximate surface area is 263 Å². The van der Waals surface area contributed by atoms with Gasteiger partial charge in [-0.15, -0.1) is 0 Å². The first-order chi connectivity index (χ1) is 21.2. The van der Waals surface area contributed by atoms with E-state index in [4.69, 9.17) is 16.3 Å². The molecule has 1 saturated heterocycles. The summed E-state index contributed by atoms with van der Waals surface area (Å²) in [6.45, 7) is 1.98. The Bertz CT molecular complexity index is 1770. The van der Waals surface area contributed by atoms with Crippen molar-refractivity contribution >= 4 is 33.3 Å². The number of methoxy groups -OCH3 is 1. The van der Waals surface area contributed by atoms with Crippen LogP contribution in [0.25, 0.3) is 11.1 Å². The number of amides is 2. The van der Waals surface area contributed by atoms with Crippen molar-refractivity contribution in [3.05, 3.63) is 118 Å². The van der Waals surface area contributed by atoms with Gasteiger partial charge in [-0.05, 0) is 84.3 Å². The Morgan fingerprint density at radius 3 is 2.36 bits per heavy atom. The second-order valence-electron chi connectivity index (χ2n) is 10.9. The molecule has 0 spiro atoms. The maximum Gasteiger partial charge on any atom is 0.253 e. The molecular weight excluding hydrogens is 596 g/mol. The molecular formula is C35H35ClN2O5S. The SMILES string of the molecule is COc1ccc(-c2cccc(C(=O)N3CCCC3)c2)cc1S(=O)(=O)Cc1cccc(CCCNC(=O)c2ccccc2Cl)c1. The predicted octanol–water partition coefficient (Wildman–Crippen LogP) is 6.59. The molecule has 0 unspecified atom stereocenters. The number of sulfone groups is 1. The molecule has 1 aliphatic heterocycles. The largest absolute Gasteiger partial charge is 0.495 e. The molecule has 1 N–H and O–H groups in total. The average Bonchev–Trinajstić information content (AvgIpc) is 3.58. The summed E-state index contributed by atoms with van der Waals surface area (Å²) in [7, 11) is -2.33. The first kappa shape index (κ1) is 31.3. The van der Waals surface area contributed by atoms with Gasteiger partial charge >= 0.3 is 0 Å². The Morgan fingerprint density at radius 1 is 0.864 bits per heavy atom. The molecule has 0 bridgehead atoms. The zero-order valence-corrected chi connectivity index (χ0v) is 26.2. The summed E-state index contributed by atoms with van der Waals surface area (Å²) in [6, 6.07) is 26.8.